The molecule has 0 N–H and O–H groups in total. The van der Waals surface area contributed by atoms with Crippen LogP contribution in [0.5, 0.6) is 0 Å². The molecule has 474 valence electrons. The smallest absolute Gasteiger partial charge is 0.306 e. The Morgan fingerprint density at radius 2 is 0.470 bits per heavy atom. The Hall–Kier alpha value is -4.19. The molecule has 0 saturated heterocycles. The molecule has 0 aliphatic carbocycles. The van der Waals surface area contributed by atoms with E-state index in [1.165, 1.54) is 161 Å². The quantitative estimate of drug-likeness (QED) is 0.0261. The summed E-state index contributed by atoms with van der Waals surface area (Å²) >= 11 is 0. The molecule has 0 aromatic heterocycles. The minimum atomic E-state index is -0.798. The van der Waals surface area contributed by atoms with Crippen LogP contribution in [0, 0.1) is 0 Å². The van der Waals surface area contributed by atoms with E-state index in [0.717, 1.165) is 128 Å². The summed E-state index contributed by atoms with van der Waals surface area (Å²) in [6.45, 7) is 6.51. The first kappa shape index (κ1) is 78.8. The fraction of sp³-hybridized carbons (Fsp3) is 0.701. The third kappa shape index (κ3) is 68.5. The number of unbranched alkanes of at least 4 members (excludes halogenated alkanes) is 32. The molecule has 83 heavy (non-hydrogen) atoms. The number of carbonyl (C=O) groups is 3. The van der Waals surface area contributed by atoms with Crippen LogP contribution in [-0.4, -0.2) is 37.2 Å². The number of hydrogen-bond donors (Lipinski definition) is 0. The van der Waals surface area contributed by atoms with Crippen LogP contribution in [0.25, 0.3) is 0 Å². The van der Waals surface area contributed by atoms with Crippen molar-refractivity contribution in [2.45, 2.75) is 335 Å². The predicted octanol–water partition coefficient (Wildman–Crippen LogP) is 24.3. The largest absolute Gasteiger partial charge is 0.462 e. The first-order valence-electron chi connectivity index (χ1n) is 35.0. The zero-order chi connectivity index (χ0) is 59.9. The summed E-state index contributed by atoms with van der Waals surface area (Å²) in [6.07, 6.45) is 97.7. The van der Waals surface area contributed by atoms with E-state index >= 15 is 0 Å². The molecule has 0 spiro atoms. The van der Waals surface area contributed by atoms with Gasteiger partial charge >= 0.3 is 17.9 Å². The van der Waals surface area contributed by atoms with Crippen LogP contribution in [0.15, 0.2) is 122 Å². The maximum Gasteiger partial charge on any atom is 0.306 e. The van der Waals surface area contributed by atoms with Crippen molar-refractivity contribution in [3.05, 3.63) is 122 Å². The molecule has 0 amide bonds. The van der Waals surface area contributed by atoms with E-state index in [0.29, 0.717) is 19.3 Å². The van der Waals surface area contributed by atoms with Gasteiger partial charge in [-0.3, -0.25) is 14.4 Å². The third-order valence-corrected chi connectivity index (χ3v) is 14.9. The molecule has 0 heterocycles. The first-order valence-corrected chi connectivity index (χ1v) is 35.0. The van der Waals surface area contributed by atoms with E-state index in [9.17, 15) is 14.4 Å². The molecule has 6 nitrogen and oxygen atoms in total. The van der Waals surface area contributed by atoms with Gasteiger partial charge in [-0.2, -0.15) is 0 Å². The highest BCUT2D eigenvalue weighted by molar-refractivity contribution is 5.71. The molecule has 0 aromatic rings. The molecule has 1 atom stereocenters. The standard InChI is InChI=1S/C77H130O6/c1-4-7-10-13-16-19-22-25-28-31-34-37-38-41-43-46-49-52-55-58-61-64-67-70-76(79)82-73-74(83-77(80)71-68-65-62-59-56-53-50-47-44-40-36-33-30-27-24-21-18-15-12-9-6-3)72-81-75(78)69-66-63-60-57-54-51-48-45-42-39-35-32-29-26-23-20-17-14-11-8-5-2/h9,12,18,21-23,25-27,30-32,34-36,38,40-42,45,74H,4-8,10-11,13-17,19-20,24,28-29,33,37,39,43-44,46-73H2,1-3H3/b12-9-,21-18-,25-22-,26-23-,30-27-,34-31-,35-32-,40-36-,41-38-,45-42-. The maximum absolute atomic E-state index is 13.0. The van der Waals surface area contributed by atoms with Crippen LogP contribution >= 0.6 is 0 Å². The Balaban J connectivity index is 4.45. The van der Waals surface area contributed by atoms with Gasteiger partial charge in [-0.15, -0.1) is 0 Å². The topological polar surface area (TPSA) is 78.9 Å². The van der Waals surface area contributed by atoms with Gasteiger partial charge in [0.2, 0.25) is 0 Å². The summed E-state index contributed by atoms with van der Waals surface area (Å²) in [5.74, 6) is -0.909. The summed E-state index contributed by atoms with van der Waals surface area (Å²) in [7, 11) is 0. The fourth-order valence-electron chi connectivity index (χ4n) is 9.68. The van der Waals surface area contributed by atoms with E-state index in [4.69, 9.17) is 14.2 Å². The van der Waals surface area contributed by atoms with Gasteiger partial charge < -0.3 is 14.2 Å². The second-order valence-electron chi connectivity index (χ2n) is 23.1. The van der Waals surface area contributed by atoms with Gasteiger partial charge in [0, 0.05) is 19.3 Å². The van der Waals surface area contributed by atoms with Crippen molar-refractivity contribution in [2.24, 2.45) is 0 Å². The van der Waals surface area contributed by atoms with Gasteiger partial charge in [0.05, 0.1) is 0 Å². The van der Waals surface area contributed by atoms with Gasteiger partial charge in [-0.1, -0.05) is 296 Å². The minimum absolute atomic E-state index is 0.0914. The van der Waals surface area contributed by atoms with Crippen molar-refractivity contribution in [1.29, 1.82) is 0 Å². The third-order valence-electron chi connectivity index (χ3n) is 14.9. The lowest BCUT2D eigenvalue weighted by atomic mass is 10.1. The van der Waals surface area contributed by atoms with Crippen molar-refractivity contribution in [3.8, 4) is 0 Å². The molecule has 6 heteroatoms. The van der Waals surface area contributed by atoms with E-state index in [-0.39, 0.29) is 31.1 Å². The number of esters is 3. The van der Waals surface area contributed by atoms with Gasteiger partial charge in [-0.05, 0) is 135 Å². The zero-order valence-electron chi connectivity index (χ0n) is 54.4. The van der Waals surface area contributed by atoms with Crippen LogP contribution < -0.4 is 0 Å². The summed E-state index contributed by atoms with van der Waals surface area (Å²) in [5, 5.41) is 0. The molecule has 0 aliphatic rings. The molecule has 1 unspecified atom stereocenters. The number of allylic oxidation sites excluding steroid dienone is 20. The van der Waals surface area contributed by atoms with Crippen LogP contribution in [-0.2, 0) is 28.6 Å². The molecule has 0 aromatic carbocycles. The van der Waals surface area contributed by atoms with Crippen molar-refractivity contribution in [2.75, 3.05) is 13.2 Å². The Bertz CT molecular complexity index is 1700. The first-order chi connectivity index (χ1) is 41.0. The molecule has 0 rings (SSSR count). The average Bonchev–Trinajstić information content (AvgIpc) is 3.49. The lowest BCUT2D eigenvalue weighted by Gasteiger charge is -2.18. The highest BCUT2D eigenvalue weighted by Crippen LogP contribution is 2.16. The Morgan fingerprint density at radius 1 is 0.253 bits per heavy atom. The summed E-state index contributed by atoms with van der Waals surface area (Å²) < 4.78 is 17.0. The summed E-state index contributed by atoms with van der Waals surface area (Å²) in [4.78, 5) is 38.5. The number of hydrogen-bond acceptors (Lipinski definition) is 6. The van der Waals surface area contributed by atoms with E-state index < -0.39 is 6.10 Å². The van der Waals surface area contributed by atoms with Crippen molar-refractivity contribution in [1.82, 2.24) is 0 Å². The lowest BCUT2D eigenvalue weighted by Crippen LogP contribution is -2.30. The molecule has 0 radical (unpaired) electrons. The van der Waals surface area contributed by atoms with Gasteiger partial charge in [0.1, 0.15) is 13.2 Å². The summed E-state index contributed by atoms with van der Waals surface area (Å²) in [5.41, 5.74) is 0. The highest BCUT2D eigenvalue weighted by Gasteiger charge is 2.19. The Kier molecular flexibility index (Phi) is 66.7. The Morgan fingerprint density at radius 3 is 0.735 bits per heavy atom. The second kappa shape index (κ2) is 70.3. The maximum atomic E-state index is 13.0. The molecule has 0 saturated carbocycles. The lowest BCUT2D eigenvalue weighted by molar-refractivity contribution is -0.167. The van der Waals surface area contributed by atoms with Crippen molar-refractivity contribution >= 4 is 17.9 Å². The SMILES string of the molecule is CC/C=C\C/C=C\C/C=C\C/C=C\CCCCCCCCCCC(=O)OC(COC(=O)CCCCCCCC/C=C\C/C=C\C/C=C\CCCCCCC)COC(=O)CCCCCCCCCC/C=C\C/C=C\C/C=C\CCCCCCC. The predicted molar refractivity (Wildman–Crippen MR) is 362 cm³/mol. The number of carbonyl (C=O) groups excluding carboxylic acids is 3. The fourth-order valence-corrected chi connectivity index (χ4v) is 9.68. The van der Waals surface area contributed by atoms with E-state index in [1.54, 1.807) is 0 Å². The Labute approximate surface area is 513 Å². The minimum Gasteiger partial charge on any atom is -0.462 e. The van der Waals surface area contributed by atoms with Gasteiger partial charge in [0.25, 0.3) is 0 Å². The van der Waals surface area contributed by atoms with Crippen molar-refractivity contribution < 1.29 is 28.6 Å². The van der Waals surface area contributed by atoms with E-state index in [1.807, 2.05) is 0 Å². The zero-order valence-corrected chi connectivity index (χ0v) is 54.4. The van der Waals surface area contributed by atoms with Gasteiger partial charge in [-0.25, -0.2) is 0 Å². The average molecular weight is 1150 g/mol. The molecular formula is C77H130O6. The van der Waals surface area contributed by atoms with Crippen LogP contribution in [0.4, 0.5) is 0 Å². The number of ether oxygens (including phenoxy) is 3. The molecule has 0 fully saturated rings. The molecule has 0 aliphatic heterocycles. The normalized spacial score (nSPS) is 12.9. The summed E-state index contributed by atoms with van der Waals surface area (Å²) in [6, 6.07) is 0. The van der Waals surface area contributed by atoms with E-state index in [2.05, 4.69) is 142 Å². The number of rotatable bonds is 63. The van der Waals surface area contributed by atoms with Crippen molar-refractivity contribution in [3.63, 3.8) is 0 Å². The molecule has 0 bridgehead atoms. The van der Waals surface area contributed by atoms with Gasteiger partial charge in [0.15, 0.2) is 6.10 Å². The van der Waals surface area contributed by atoms with Crippen LogP contribution in [0.2, 0.25) is 0 Å². The molecular weight excluding hydrogens is 1020 g/mol. The highest BCUT2D eigenvalue weighted by atomic mass is 16.6. The van der Waals surface area contributed by atoms with Crippen LogP contribution in [0.1, 0.15) is 329 Å². The van der Waals surface area contributed by atoms with Crippen LogP contribution in [0.3, 0.4) is 0 Å². The second-order valence-corrected chi connectivity index (χ2v) is 23.1. The monoisotopic (exact) mass is 1150 g/mol.